The third kappa shape index (κ3) is 3.74. The van der Waals surface area contributed by atoms with Crippen molar-refractivity contribution in [3.63, 3.8) is 0 Å². The van der Waals surface area contributed by atoms with E-state index in [0.29, 0.717) is 11.6 Å². The molecular weight excluding hydrogens is 292 g/mol. The Morgan fingerprint density at radius 3 is 2.81 bits per heavy atom. The number of carboxylic acid groups (broad SMARTS) is 1. The Morgan fingerprint density at radius 2 is 2.14 bits per heavy atom. The van der Waals surface area contributed by atoms with Crippen molar-refractivity contribution in [2.45, 2.75) is 37.8 Å². The van der Waals surface area contributed by atoms with Crippen LogP contribution in [-0.4, -0.2) is 34.5 Å². The smallest absolute Gasteiger partial charge is 0.303 e. The molecule has 5 nitrogen and oxygen atoms in total. The number of nitrogens with two attached hydrogens (primary N) is 1. The summed E-state index contributed by atoms with van der Waals surface area (Å²) in [6, 6.07) is 6.63. The quantitative estimate of drug-likeness (QED) is 0.873. The highest BCUT2D eigenvalue weighted by Gasteiger charge is 2.33. The number of carbonyl (C=O) groups is 2. The first kappa shape index (κ1) is 15.8. The summed E-state index contributed by atoms with van der Waals surface area (Å²) in [5, 5.41) is 9.32. The zero-order valence-corrected chi connectivity index (χ0v) is 12.4. The average molecular weight is 311 g/mol. The Morgan fingerprint density at radius 1 is 1.43 bits per heavy atom. The summed E-state index contributed by atoms with van der Waals surface area (Å²) in [6.07, 6.45) is 1.80. The highest BCUT2D eigenvalue weighted by Crippen LogP contribution is 2.36. The standard InChI is InChI=1S/C15H19ClN2O3/c16-11-5-2-1-4-10(11)13-6-3-9-18(13)15(21)12(17)7-8-14(19)20/h1-2,4-5,12-13H,3,6-9,17H2,(H,19,20). The fraction of sp³-hybridized carbons (Fsp3) is 0.467. The number of carboxylic acids is 1. The van der Waals surface area contributed by atoms with Crippen LogP contribution in [0.5, 0.6) is 0 Å². The van der Waals surface area contributed by atoms with Crippen molar-refractivity contribution in [1.29, 1.82) is 0 Å². The molecule has 114 valence electrons. The summed E-state index contributed by atoms with van der Waals surface area (Å²) in [6.45, 7) is 0.634. The molecule has 2 rings (SSSR count). The van der Waals surface area contributed by atoms with Gasteiger partial charge in [0.05, 0.1) is 12.1 Å². The molecule has 1 saturated heterocycles. The van der Waals surface area contributed by atoms with Gasteiger partial charge in [0.2, 0.25) is 5.91 Å². The van der Waals surface area contributed by atoms with E-state index in [1.165, 1.54) is 0 Å². The van der Waals surface area contributed by atoms with E-state index < -0.39 is 12.0 Å². The van der Waals surface area contributed by atoms with E-state index >= 15 is 0 Å². The molecule has 0 aliphatic carbocycles. The van der Waals surface area contributed by atoms with Gasteiger partial charge in [0.1, 0.15) is 0 Å². The van der Waals surface area contributed by atoms with Crippen LogP contribution in [0.1, 0.15) is 37.3 Å². The molecule has 3 N–H and O–H groups in total. The number of halogens is 1. The predicted octanol–water partition coefficient (Wildman–Crippen LogP) is 2.20. The largest absolute Gasteiger partial charge is 0.481 e. The van der Waals surface area contributed by atoms with Crippen LogP contribution in [0, 0.1) is 0 Å². The molecule has 1 aliphatic heterocycles. The first-order chi connectivity index (χ1) is 10.0. The lowest BCUT2D eigenvalue weighted by Gasteiger charge is -2.28. The SMILES string of the molecule is NC(CCC(=O)O)C(=O)N1CCCC1c1ccccc1Cl. The summed E-state index contributed by atoms with van der Waals surface area (Å²) >= 11 is 6.21. The lowest BCUT2D eigenvalue weighted by atomic mass is 10.0. The number of hydrogen-bond donors (Lipinski definition) is 2. The fourth-order valence-electron chi connectivity index (χ4n) is 2.71. The topological polar surface area (TPSA) is 83.6 Å². The first-order valence-electron chi connectivity index (χ1n) is 7.03. The lowest BCUT2D eigenvalue weighted by Crippen LogP contribution is -2.43. The Hall–Kier alpha value is -1.59. The zero-order valence-electron chi connectivity index (χ0n) is 11.7. The summed E-state index contributed by atoms with van der Waals surface area (Å²) in [5.41, 5.74) is 6.76. The van der Waals surface area contributed by atoms with E-state index in [-0.39, 0.29) is 24.8 Å². The maximum absolute atomic E-state index is 12.4. The second-order valence-corrected chi connectivity index (χ2v) is 5.66. The molecule has 1 heterocycles. The van der Waals surface area contributed by atoms with Crippen molar-refractivity contribution in [2.75, 3.05) is 6.54 Å². The molecule has 0 aromatic heterocycles. The van der Waals surface area contributed by atoms with Gasteiger partial charge in [0.15, 0.2) is 0 Å². The van der Waals surface area contributed by atoms with Gasteiger partial charge in [-0.25, -0.2) is 0 Å². The van der Waals surface area contributed by atoms with E-state index in [1.807, 2.05) is 24.3 Å². The van der Waals surface area contributed by atoms with Gasteiger partial charge in [-0.3, -0.25) is 9.59 Å². The van der Waals surface area contributed by atoms with Gasteiger partial charge in [-0.05, 0) is 30.9 Å². The molecule has 0 spiro atoms. The summed E-state index contributed by atoms with van der Waals surface area (Å²) < 4.78 is 0. The maximum atomic E-state index is 12.4. The molecule has 6 heteroatoms. The molecule has 1 amide bonds. The third-order valence-electron chi connectivity index (χ3n) is 3.79. The Kier molecular flexibility index (Phi) is 5.20. The highest BCUT2D eigenvalue weighted by molar-refractivity contribution is 6.31. The maximum Gasteiger partial charge on any atom is 0.303 e. The van der Waals surface area contributed by atoms with E-state index in [0.717, 1.165) is 18.4 Å². The van der Waals surface area contributed by atoms with Crippen molar-refractivity contribution < 1.29 is 14.7 Å². The number of amides is 1. The van der Waals surface area contributed by atoms with Crippen LogP contribution in [0.3, 0.4) is 0 Å². The monoisotopic (exact) mass is 310 g/mol. The molecule has 1 aromatic rings. The molecular formula is C15H19ClN2O3. The molecule has 21 heavy (non-hydrogen) atoms. The van der Waals surface area contributed by atoms with Gasteiger partial charge in [0.25, 0.3) is 0 Å². The fourth-order valence-corrected chi connectivity index (χ4v) is 2.98. The van der Waals surface area contributed by atoms with E-state index in [9.17, 15) is 9.59 Å². The molecule has 1 aromatic carbocycles. The molecule has 1 aliphatic rings. The third-order valence-corrected chi connectivity index (χ3v) is 4.13. The van der Waals surface area contributed by atoms with Crippen LogP contribution >= 0.6 is 11.6 Å². The van der Waals surface area contributed by atoms with Crippen molar-refractivity contribution in [3.05, 3.63) is 34.9 Å². The van der Waals surface area contributed by atoms with Gasteiger partial charge in [0, 0.05) is 18.0 Å². The lowest BCUT2D eigenvalue weighted by molar-refractivity contribution is -0.137. The molecule has 0 saturated carbocycles. The van der Waals surface area contributed by atoms with Crippen molar-refractivity contribution in [1.82, 2.24) is 4.90 Å². The van der Waals surface area contributed by atoms with Crippen LogP contribution < -0.4 is 5.73 Å². The second-order valence-electron chi connectivity index (χ2n) is 5.25. The Balaban J connectivity index is 2.09. The Bertz CT molecular complexity index is 535. The van der Waals surface area contributed by atoms with Crippen molar-refractivity contribution >= 4 is 23.5 Å². The van der Waals surface area contributed by atoms with Crippen LogP contribution in [0.4, 0.5) is 0 Å². The number of likely N-dealkylation sites (tertiary alicyclic amines) is 1. The molecule has 0 bridgehead atoms. The average Bonchev–Trinajstić information content (AvgIpc) is 2.93. The molecule has 1 fully saturated rings. The molecule has 2 atom stereocenters. The minimum absolute atomic E-state index is 0.0675. The number of benzene rings is 1. The van der Waals surface area contributed by atoms with E-state index in [2.05, 4.69) is 0 Å². The normalized spacial score (nSPS) is 19.5. The predicted molar refractivity (Wildman–Crippen MR) is 80.0 cm³/mol. The zero-order chi connectivity index (χ0) is 15.4. The van der Waals surface area contributed by atoms with Gasteiger partial charge >= 0.3 is 5.97 Å². The minimum atomic E-state index is -0.942. The first-order valence-corrected chi connectivity index (χ1v) is 7.40. The van der Waals surface area contributed by atoms with Gasteiger partial charge in [-0.2, -0.15) is 0 Å². The van der Waals surface area contributed by atoms with Gasteiger partial charge < -0.3 is 15.7 Å². The number of rotatable bonds is 5. The van der Waals surface area contributed by atoms with Crippen LogP contribution in [0.25, 0.3) is 0 Å². The van der Waals surface area contributed by atoms with Crippen LogP contribution in [0.15, 0.2) is 24.3 Å². The second kappa shape index (κ2) is 6.91. The number of carbonyl (C=O) groups excluding carboxylic acids is 1. The van der Waals surface area contributed by atoms with E-state index in [4.69, 9.17) is 22.4 Å². The Labute approximate surface area is 128 Å². The highest BCUT2D eigenvalue weighted by atomic mass is 35.5. The summed E-state index contributed by atoms with van der Waals surface area (Å²) in [4.78, 5) is 24.7. The summed E-state index contributed by atoms with van der Waals surface area (Å²) in [5.74, 6) is -1.14. The minimum Gasteiger partial charge on any atom is -0.481 e. The number of nitrogens with zero attached hydrogens (tertiary/aromatic N) is 1. The van der Waals surface area contributed by atoms with Crippen molar-refractivity contribution in [3.8, 4) is 0 Å². The number of hydrogen-bond acceptors (Lipinski definition) is 3. The van der Waals surface area contributed by atoms with Gasteiger partial charge in [-0.1, -0.05) is 29.8 Å². The van der Waals surface area contributed by atoms with Crippen molar-refractivity contribution in [2.24, 2.45) is 5.73 Å². The molecule has 2 unspecified atom stereocenters. The number of aliphatic carboxylic acids is 1. The van der Waals surface area contributed by atoms with Crippen LogP contribution in [-0.2, 0) is 9.59 Å². The summed E-state index contributed by atoms with van der Waals surface area (Å²) in [7, 11) is 0. The van der Waals surface area contributed by atoms with Crippen LogP contribution in [0.2, 0.25) is 5.02 Å². The molecule has 0 radical (unpaired) electrons. The van der Waals surface area contributed by atoms with E-state index in [1.54, 1.807) is 4.90 Å². The van der Waals surface area contributed by atoms with Gasteiger partial charge in [-0.15, -0.1) is 0 Å².